The summed E-state index contributed by atoms with van der Waals surface area (Å²) in [6.07, 6.45) is 2.65. The number of hydrogen-bond acceptors (Lipinski definition) is 5. The van der Waals surface area contributed by atoms with Crippen LogP contribution in [-0.2, 0) is 13.0 Å². The van der Waals surface area contributed by atoms with Crippen LogP contribution in [-0.4, -0.2) is 11.8 Å². The summed E-state index contributed by atoms with van der Waals surface area (Å²) < 4.78 is 16.3. The van der Waals surface area contributed by atoms with E-state index >= 15 is 0 Å². The lowest BCUT2D eigenvalue weighted by atomic mass is 10.1. The Hall–Kier alpha value is -2.01. The number of oxazole rings is 1. The summed E-state index contributed by atoms with van der Waals surface area (Å²) in [5, 5.41) is 3.39. The zero-order valence-corrected chi connectivity index (χ0v) is 11.7. The summed E-state index contributed by atoms with van der Waals surface area (Å²) in [7, 11) is 0. The summed E-state index contributed by atoms with van der Waals surface area (Å²) in [6, 6.07) is 6.17. The molecule has 0 saturated carbocycles. The molecule has 5 heteroatoms. The maximum Gasteiger partial charge on any atom is 0.231 e. The van der Waals surface area contributed by atoms with E-state index in [0.717, 1.165) is 35.1 Å². The highest BCUT2D eigenvalue weighted by atomic mass is 16.7. The molecule has 106 valence electrons. The van der Waals surface area contributed by atoms with Crippen LogP contribution in [0.2, 0.25) is 0 Å². The fourth-order valence-corrected chi connectivity index (χ4v) is 2.13. The summed E-state index contributed by atoms with van der Waals surface area (Å²) >= 11 is 0. The molecular weight excluding hydrogens is 256 g/mol. The highest BCUT2D eigenvalue weighted by molar-refractivity contribution is 5.45. The van der Waals surface area contributed by atoms with Crippen molar-refractivity contribution in [3.8, 4) is 11.5 Å². The Bertz CT molecular complexity index is 595. The molecule has 0 radical (unpaired) electrons. The summed E-state index contributed by atoms with van der Waals surface area (Å²) in [5.74, 6) is 3.24. The van der Waals surface area contributed by atoms with Crippen molar-refractivity contribution in [2.24, 2.45) is 0 Å². The fraction of sp³-hybridized carbons (Fsp3) is 0.400. The third-order valence-electron chi connectivity index (χ3n) is 3.41. The number of nitrogens with one attached hydrogen (secondary N) is 1. The van der Waals surface area contributed by atoms with Gasteiger partial charge >= 0.3 is 0 Å². The van der Waals surface area contributed by atoms with E-state index in [9.17, 15) is 0 Å². The molecule has 2 heterocycles. The molecule has 0 aliphatic carbocycles. The van der Waals surface area contributed by atoms with Crippen molar-refractivity contribution in [3.63, 3.8) is 0 Å². The monoisotopic (exact) mass is 274 g/mol. The number of benzene rings is 1. The van der Waals surface area contributed by atoms with Crippen LogP contribution in [0.4, 0.5) is 0 Å². The Balaban J connectivity index is 1.62. The number of aryl methyl sites for hydroxylation is 1. The molecule has 20 heavy (non-hydrogen) atoms. The summed E-state index contributed by atoms with van der Waals surface area (Å²) in [5.41, 5.74) is 1.15. The molecule has 1 aromatic heterocycles. The average molecular weight is 274 g/mol. The Morgan fingerprint density at radius 2 is 2.15 bits per heavy atom. The number of rotatable bonds is 5. The molecule has 0 spiro atoms. The summed E-state index contributed by atoms with van der Waals surface area (Å²) in [6.45, 7) is 5.06. The van der Waals surface area contributed by atoms with E-state index in [4.69, 9.17) is 13.9 Å². The second kappa shape index (κ2) is 5.54. The fourth-order valence-electron chi connectivity index (χ4n) is 2.13. The Morgan fingerprint density at radius 1 is 1.30 bits per heavy atom. The zero-order chi connectivity index (χ0) is 13.9. The van der Waals surface area contributed by atoms with Crippen molar-refractivity contribution in [1.82, 2.24) is 10.3 Å². The van der Waals surface area contributed by atoms with E-state index in [2.05, 4.69) is 17.2 Å². The van der Waals surface area contributed by atoms with Gasteiger partial charge in [0.25, 0.3) is 0 Å². The van der Waals surface area contributed by atoms with Gasteiger partial charge in [0.15, 0.2) is 11.5 Å². The molecule has 0 fully saturated rings. The van der Waals surface area contributed by atoms with Crippen molar-refractivity contribution in [3.05, 3.63) is 41.6 Å². The van der Waals surface area contributed by atoms with Crippen LogP contribution in [0.3, 0.4) is 0 Å². The van der Waals surface area contributed by atoms with Gasteiger partial charge in [0.05, 0.1) is 12.7 Å². The molecular formula is C15H18N2O3. The second-order valence-corrected chi connectivity index (χ2v) is 4.79. The van der Waals surface area contributed by atoms with Crippen LogP contribution in [0.25, 0.3) is 0 Å². The van der Waals surface area contributed by atoms with Gasteiger partial charge in [-0.2, -0.15) is 0 Å². The normalized spacial score (nSPS) is 14.5. The first-order chi connectivity index (χ1) is 9.76. The van der Waals surface area contributed by atoms with Crippen molar-refractivity contribution in [2.45, 2.75) is 32.9 Å². The Labute approximate surface area is 117 Å². The van der Waals surface area contributed by atoms with Crippen molar-refractivity contribution in [2.75, 3.05) is 6.79 Å². The first-order valence-electron chi connectivity index (χ1n) is 6.82. The molecule has 1 unspecified atom stereocenters. The van der Waals surface area contributed by atoms with Crippen molar-refractivity contribution in [1.29, 1.82) is 0 Å². The minimum absolute atomic E-state index is 0.182. The van der Waals surface area contributed by atoms with Crippen LogP contribution in [0.15, 0.2) is 28.8 Å². The minimum Gasteiger partial charge on any atom is -0.454 e. The largest absolute Gasteiger partial charge is 0.454 e. The molecule has 3 rings (SSSR count). The summed E-state index contributed by atoms with van der Waals surface area (Å²) in [4.78, 5) is 4.24. The quantitative estimate of drug-likeness (QED) is 0.908. The van der Waals surface area contributed by atoms with E-state index in [0.29, 0.717) is 13.3 Å². The number of nitrogens with zero attached hydrogens (tertiary/aromatic N) is 1. The molecule has 1 N–H and O–H groups in total. The number of hydrogen-bond donors (Lipinski definition) is 1. The first kappa shape index (κ1) is 13.0. The molecule has 0 saturated heterocycles. The molecule has 0 bridgehead atoms. The number of fused-ring (bicyclic) bond motifs is 1. The van der Waals surface area contributed by atoms with E-state index in [1.807, 2.05) is 25.1 Å². The molecule has 1 aliphatic heterocycles. The molecule has 1 atom stereocenters. The van der Waals surface area contributed by atoms with E-state index in [1.165, 1.54) is 0 Å². The minimum atomic E-state index is 0.182. The molecule has 5 nitrogen and oxygen atoms in total. The zero-order valence-electron chi connectivity index (χ0n) is 11.7. The third-order valence-corrected chi connectivity index (χ3v) is 3.41. The lowest BCUT2D eigenvalue weighted by molar-refractivity contribution is 0.174. The predicted molar refractivity (Wildman–Crippen MR) is 73.7 cm³/mol. The smallest absolute Gasteiger partial charge is 0.231 e. The lowest BCUT2D eigenvalue weighted by Gasteiger charge is -2.13. The maximum absolute atomic E-state index is 5.57. The average Bonchev–Trinajstić information content (AvgIpc) is 3.12. The van der Waals surface area contributed by atoms with Gasteiger partial charge in [-0.25, -0.2) is 4.98 Å². The van der Waals surface area contributed by atoms with Crippen LogP contribution < -0.4 is 14.8 Å². The third kappa shape index (κ3) is 2.63. The van der Waals surface area contributed by atoms with Crippen LogP contribution in [0.5, 0.6) is 11.5 Å². The van der Waals surface area contributed by atoms with Gasteiger partial charge in [-0.15, -0.1) is 0 Å². The van der Waals surface area contributed by atoms with Gasteiger partial charge in [0, 0.05) is 12.5 Å². The molecule has 0 amide bonds. The number of ether oxygens (including phenoxy) is 2. The van der Waals surface area contributed by atoms with E-state index in [-0.39, 0.29) is 6.04 Å². The van der Waals surface area contributed by atoms with Crippen molar-refractivity contribution >= 4 is 0 Å². The van der Waals surface area contributed by atoms with Crippen LogP contribution in [0, 0.1) is 0 Å². The molecule has 1 aliphatic rings. The molecule has 2 aromatic rings. The van der Waals surface area contributed by atoms with Gasteiger partial charge in [0.1, 0.15) is 5.76 Å². The van der Waals surface area contributed by atoms with Crippen molar-refractivity contribution < 1.29 is 13.9 Å². The second-order valence-electron chi connectivity index (χ2n) is 4.79. The van der Waals surface area contributed by atoms with Gasteiger partial charge < -0.3 is 19.2 Å². The lowest BCUT2D eigenvalue weighted by Crippen LogP contribution is -2.18. The van der Waals surface area contributed by atoms with Gasteiger partial charge in [0.2, 0.25) is 12.7 Å². The SMILES string of the molecule is CCc1cnc(CNC(C)c2ccc3c(c2)OCO3)o1. The topological polar surface area (TPSA) is 56.5 Å². The van der Waals surface area contributed by atoms with Crippen LogP contribution in [0.1, 0.15) is 37.1 Å². The highest BCUT2D eigenvalue weighted by Gasteiger charge is 2.15. The number of aromatic nitrogens is 1. The Kier molecular flexibility index (Phi) is 3.60. The van der Waals surface area contributed by atoms with E-state index in [1.54, 1.807) is 6.20 Å². The predicted octanol–water partition coefficient (Wildman–Crippen LogP) is 2.82. The Morgan fingerprint density at radius 3 is 2.95 bits per heavy atom. The van der Waals surface area contributed by atoms with Gasteiger partial charge in [-0.1, -0.05) is 13.0 Å². The van der Waals surface area contributed by atoms with Gasteiger partial charge in [-0.05, 0) is 24.6 Å². The van der Waals surface area contributed by atoms with E-state index < -0.39 is 0 Å². The standard InChI is InChI=1S/C15H18N2O3/c1-3-12-7-17-15(20-12)8-16-10(2)11-4-5-13-14(6-11)19-9-18-13/h4-7,10,16H,3,8-9H2,1-2H3. The first-order valence-corrected chi connectivity index (χ1v) is 6.82. The highest BCUT2D eigenvalue weighted by Crippen LogP contribution is 2.34. The van der Waals surface area contributed by atoms with Crippen LogP contribution >= 0.6 is 0 Å². The maximum atomic E-state index is 5.57. The van der Waals surface area contributed by atoms with Gasteiger partial charge in [-0.3, -0.25) is 0 Å². The molecule has 1 aromatic carbocycles.